The van der Waals surface area contributed by atoms with Crippen LogP contribution in [-0.2, 0) is 53.6 Å². The molecule has 2 aromatic heterocycles. The van der Waals surface area contributed by atoms with E-state index in [2.05, 4.69) is 319 Å². The number of rotatable bonds is 11. The number of pyridine rings is 1. The van der Waals surface area contributed by atoms with Crippen molar-refractivity contribution >= 4 is 44.6 Å². The van der Waals surface area contributed by atoms with Gasteiger partial charge in [0.1, 0.15) is 5.82 Å². The molecule has 0 saturated heterocycles. The van der Waals surface area contributed by atoms with Gasteiger partial charge >= 0.3 is 0 Å². The zero-order chi connectivity index (χ0) is 56.7. The van der Waals surface area contributed by atoms with Crippen molar-refractivity contribution in [2.45, 2.75) is 136 Å². The van der Waals surface area contributed by atoms with Gasteiger partial charge in [-0.3, -0.25) is 0 Å². The van der Waals surface area contributed by atoms with E-state index in [9.17, 15) is 0 Å². The minimum atomic E-state index is -0.379. The third-order valence-corrected chi connectivity index (χ3v) is 17.1. The first-order chi connectivity index (χ1) is 37.8. The summed E-state index contributed by atoms with van der Waals surface area (Å²) in [6.45, 7) is 36.8. The van der Waals surface area contributed by atoms with Crippen LogP contribution in [0.4, 0.5) is 22.7 Å². The Morgan fingerprint density at radius 1 is 0.407 bits per heavy atom. The van der Waals surface area contributed by atoms with Crippen molar-refractivity contribution in [1.82, 2.24) is 9.55 Å². The molecule has 0 atom stereocenters. The van der Waals surface area contributed by atoms with Gasteiger partial charge in [0.15, 0.2) is 0 Å². The van der Waals surface area contributed by atoms with E-state index < -0.39 is 0 Å². The van der Waals surface area contributed by atoms with Crippen LogP contribution in [-0.4, -0.2) is 9.55 Å². The topological polar surface area (TPSA) is 33.5 Å². The van der Waals surface area contributed by atoms with Crippen LogP contribution < -0.4 is 14.5 Å². The molecule has 0 unspecified atom stereocenters. The molecule has 6 heteroatoms. The third-order valence-electron chi connectivity index (χ3n) is 17.1. The molecule has 0 bridgehead atoms. The largest absolute Gasteiger partial charge is 0.509 e. The average molecular weight is 1250 g/mol. The molecule has 1 aliphatic rings. The van der Waals surface area contributed by atoms with Crippen molar-refractivity contribution < 1.29 is 25.8 Å². The van der Waals surface area contributed by atoms with Crippen molar-refractivity contribution in [3.63, 3.8) is 0 Å². The van der Waals surface area contributed by atoms with Crippen LogP contribution in [0.25, 0.3) is 27.6 Å². The quantitative estimate of drug-likeness (QED) is 0.121. The molecule has 8 aromatic carbocycles. The molecule has 11 rings (SSSR count). The van der Waals surface area contributed by atoms with Crippen molar-refractivity contribution in [3.8, 4) is 17.3 Å². The predicted octanol–water partition coefficient (Wildman–Crippen LogP) is 19.8. The van der Waals surface area contributed by atoms with E-state index in [0.29, 0.717) is 11.5 Å². The summed E-state index contributed by atoms with van der Waals surface area (Å²) in [5.41, 5.74) is 15.9. The summed E-state index contributed by atoms with van der Waals surface area (Å²) in [5.74, 6) is 2.06. The van der Waals surface area contributed by atoms with E-state index in [-0.39, 0.29) is 53.6 Å². The molecule has 0 N–H and O–H groups in total. The van der Waals surface area contributed by atoms with Crippen molar-refractivity contribution in [2.75, 3.05) is 9.80 Å². The summed E-state index contributed by atoms with van der Waals surface area (Å²) in [4.78, 5) is 9.73. The summed E-state index contributed by atoms with van der Waals surface area (Å²) >= 11 is 0. The van der Waals surface area contributed by atoms with E-state index in [4.69, 9.17) is 9.72 Å². The Morgan fingerprint density at radius 3 is 1.51 bits per heavy atom. The fourth-order valence-electron chi connectivity index (χ4n) is 11.7. The fraction of sp³-hybridized carbons (Fsp3) is 0.280. The monoisotopic (exact) mass is 1240 g/mol. The van der Waals surface area contributed by atoms with Crippen LogP contribution in [0.1, 0.15) is 154 Å². The normalized spacial score (nSPS) is 13.4. The van der Waals surface area contributed by atoms with Gasteiger partial charge < -0.3 is 19.1 Å². The summed E-state index contributed by atoms with van der Waals surface area (Å²) in [6, 6.07) is 74.3. The number of hydrogen-bond donors (Lipinski definition) is 0. The molecular weight excluding hydrogens is 1170 g/mol. The maximum atomic E-state index is 7.11. The molecule has 416 valence electrons. The van der Waals surface area contributed by atoms with Gasteiger partial charge in [0.2, 0.25) is 0 Å². The first kappa shape index (κ1) is 57.0. The van der Waals surface area contributed by atoms with Crippen LogP contribution in [0.2, 0.25) is 0 Å². The standard InChI is InChI=1S/C75H77N4O.Pt/c1-70(2,3)53-34-37-65-62(43-53)61-36-35-59(46-66(61)79(65)69-44-54(38-39-76-69)71(4,5)6)80-60-42-56(72(7,8)9)41-58(45-60)78-49-77(57-33-25-32-55(40-57)73(10,11)50-26-19-16-20-27-50)67-47-63(74(12,13)51-28-21-17-22-29-51)64(48-68(67)78)75(14,15)52-30-23-18-24-31-52;/h16-44,47-49H,1-15H3;/q-3;. The minimum absolute atomic E-state index is 0. The van der Waals surface area contributed by atoms with Gasteiger partial charge in [0.05, 0.1) is 0 Å². The summed E-state index contributed by atoms with van der Waals surface area (Å²) in [7, 11) is 0. The number of aromatic nitrogens is 2. The van der Waals surface area contributed by atoms with E-state index in [0.717, 1.165) is 55.9 Å². The van der Waals surface area contributed by atoms with Crippen molar-refractivity contribution in [1.29, 1.82) is 0 Å². The molecule has 0 radical (unpaired) electrons. The Bertz CT molecular complexity index is 3930. The minimum Gasteiger partial charge on any atom is -0.509 e. The molecule has 10 aromatic rings. The molecule has 3 heterocycles. The second kappa shape index (κ2) is 21.0. The first-order valence-corrected chi connectivity index (χ1v) is 28.4. The Labute approximate surface area is 497 Å². The second-order valence-electron chi connectivity index (χ2n) is 26.8. The number of hydrogen-bond acceptors (Lipinski definition) is 4. The smallest absolute Gasteiger partial charge is 0.135 e. The Balaban J connectivity index is 0.00000736. The maximum absolute atomic E-state index is 7.11. The van der Waals surface area contributed by atoms with Gasteiger partial charge in [0, 0.05) is 77.6 Å². The molecule has 0 aliphatic carbocycles. The van der Waals surface area contributed by atoms with Crippen LogP contribution in [0, 0.1) is 18.8 Å². The molecule has 0 spiro atoms. The summed E-state index contributed by atoms with van der Waals surface area (Å²) in [5, 5.41) is 2.26. The second-order valence-corrected chi connectivity index (χ2v) is 26.8. The van der Waals surface area contributed by atoms with Crippen molar-refractivity contribution in [3.05, 3.63) is 257 Å². The van der Waals surface area contributed by atoms with Crippen LogP contribution in [0.3, 0.4) is 0 Å². The summed E-state index contributed by atoms with van der Waals surface area (Å²) < 4.78 is 9.36. The molecule has 0 saturated carbocycles. The predicted molar refractivity (Wildman–Crippen MR) is 336 cm³/mol. The Hall–Kier alpha value is -7.20. The van der Waals surface area contributed by atoms with Gasteiger partial charge in [-0.05, 0) is 109 Å². The molecule has 81 heavy (non-hydrogen) atoms. The SMILES string of the molecule is CC(C)(C)c1cc(Oc2[c-]c3c(cc2)c2cc(C(C)(C)C)ccc2n3-c2cc(C(C)(C)C)ccn2)[c-]c(N2[CH-]N(c3cccc(C(C)(C)c4ccccc4)c3)c3cc(C(C)(C)c4ccccc4)c(C(C)(C)c4ccccc4)cc32)c1.[Pt]. The zero-order valence-electron chi connectivity index (χ0n) is 50.0. The molecule has 1 aliphatic heterocycles. The molecule has 5 nitrogen and oxygen atoms in total. The van der Waals surface area contributed by atoms with Gasteiger partial charge in [-0.1, -0.05) is 225 Å². The Morgan fingerprint density at radius 2 is 0.938 bits per heavy atom. The number of nitrogens with zero attached hydrogens (tertiary/aromatic N) is 4. The summed E-state index contributed by atoms with van der Waals surface area (Å²) in [6.07, 6.45) is 1.93. The van der Waals surface area contributed by atoms with Crippen LogP contribution in [0.5, 0.6) is 11.5 Å². The third kappa shape index (κ3) is 10.7. The van der Waals surface area contributed by atoms with E-state index in [1.54, 1.807) is 0 Å². The first-order valence-electron chi connectivity index (χ1n) is 28.4. The van der Waals surface area contributed by atoms with Gasteiger partial charge in [-0.2, -0.15) is 6.07 Å². The number of anilines is 4. The van der Waals surface area contributed by atoms with E-state index in [1.807, 2.05) is 6.20 Å². The average Bonchev–Trinajstić information content (AvgIpc) is 4.00. The fourth-order valence-corrected chi connectivity index (χ4v) is 11.7. The van der Waals surface area contributed by atoms with Gasteiger partial charge in [-0.25, -0.2) is 4.98 Å². The van der Waals surface area contributed by atoms with Gasteiger partial charge in [0.25, 0.3) is 0 Å². The maximum Gasteiger partial charge on any atom is 0.135 e. The van der Waals surface area contributed by atoms with Crippen LogP contribution >= 0.6 is 0 Å². The van der Waals surface area contributed by atoms with Crippen LogP contribution in [0.15, 0.2) is 188 Å². The van der Waals surface area contributed by atoms with E-state index >= 15 is 0 Å². The zero-order valence-corrected chi connectivity index (χ0v) is 52.3. The van der Waals surface area contributed by atoms with E-state index in [1.165, 1.54) is 44.5 Å². The molecule has 0 fully saturated rings. The van der Waals surface area contributed by atoms with Gasteiger partial charge in [-0.15, -0.1) is 53.6 Å². The number of ether oxygens (including phenoxy) is 1. The number of benzene rings is 8. The number of fused-ring (bicyclic) bond motifs is 4. The molecular formula is C75H77N4OPt-3. The molecule has 0 amide bonds. The van der Waals surface area contributed by atoms with Crippen molar-refractivity contribution in [2.24, 2.45) is 0 Å². The Kier molecular flexibility index (Phi) is 14.8.